The monoisotopic (exact) mass is 228 g/mol. The first-order valence-corrected chi connectivity index (χ1v) is 6.23. The molecule has 96 valence electrons. The van der Waals surface area contributed by atoms with Crippen LogP contribution in [0.2, 0.25) is 0 Å². The van der Waals surface area contributed by atoms with Crippen molar-refractivity contribution in [1.29, 1.82) is 0 Å². The molecular formula is C13H28N2O. The molecule has 0 aromatic heterocycles. The average molecular weight is 228 g/mol. The summed E-state index contributed by atoms with van der Waals surface area (Å²) < 4.78 is 0. The summed E-state index contributed by atoms with van der Waals surface area (Å²) in [6, 6.07) is 0. The molecule has 0 atom stereocenters. The Bertz CT molecular complexity index is 222. The van der Waals surface area contributed by atoms with E-state index in [4.69, 9.17) is 5.73 Å². The minimum atomic E-state index is -0.260. The van der Waals surface area contributed by atoms with Crippen molar-refractivity contribution in [3.05, 3.63) is 0 Å². The van der Waals surface area contributed by atoms with Crippen molar-refractivity contribution in [3.8, 4) is 0 Å². The molecule has 0 aliphatic heterocycles. The molecule has 0 spiro atoms. The van der Waals surface area contributed by atoms with Crippen molar-refractivity contribution >= 4 is 5.91 Å². The van der Waals surface area contributed by atoms with Crippen molar-refractivity contribution in [1.82, 2.24) is 5.32 Å². The van der Waals surface area contributed by atoms with Crippen LogP contribution in [0, 0.1) is 10.8 Å². The quantitative estimate of drug-likeness (QED) is 0.702. The molecule has 0 aliphatic rings. The van der Waals surface area contributed by atoms with Crippen molar-refractivity contribution in [2.45, 2.75) is 53.9 Å². The van der Waals surface area contributed by atoms with E-state index in [0.29, 0.717) is 0 Å². The second-order valence-electron chi connectivity index (χ2n) is 5.98. The molecule has 3 N–H and O–H groups in total. The van der Waals surface area contributed by atoms with Gasteiger partial charge in [-0.25, -0.2) is 0 Å². The smallest absolute Gasteiger partial charge is 0.225 e. The van der Waals surface area contributed by atoms with Crippen molar-refractivity contribution < 1.29 is 4.79 Å². The fraction of sp³-hybridized carbons (Fsp3) is 0.923. The summed E-state index contributed by atoms with van der Waals surface area (Å²) in [6.07, 6.45) is 2.93. The zero-order valence-corrected chi connectivity index (χ0v) is 11.5. The van der Waals surface area contributed by atoms with E-state index in [1.165, 1.54) is 0 Å². The van der Waals surface area contributed by atoms with Crippen molar-refractivity contribution in [2.75, 3.05) is 13.1 Å². The van der Waals surface area contributed by atoms with Gasteiger partial charge in [-0.05, 0) is 31.2 Å². The summed E-state index contributed by atoms with van der Waals surface area (Å²) in [4.78, 5) is 11.9. The van der Waals surface area contributed by atoms with Crippen LogP contribution < -0.4 is 11.1 Å². The average Bonchev–Trinajstić information content (AvgIpc) is 2.23. The molecule has 0 aromatic rings. The predicted molar refractivity (Wildman–Crippen MR) is 69.2 cm³/mol. The fourth-order valence-electron chi connectivity index (χ4n) is 1.39. The number of nitrogens with two attached hydrogens (primary N) is 1. The van der Waals surface area contributed by atoms with Crippen LogP contribution in [0.15, 0.2) is 0 Å². The van der Waals surface area contributed by atoms with Gasteiger partial charge in [0.2, 0.25) is 5.91 Å². The first-order valence-electron chi connectivity index (χ1n) is 6.23. The number of amides is 1. The van der Waals surface area contributed by atoms with Gasteiger partial charge in [-0.2, -0.15) is 0 Å². The highest BCUT2D eigenvalue weighted by molar-refractivity contribution is 5.81. The molecule has 0 fully saturated rings. The first kappa shape index (κ1) is 15.4. The molecule has 0 saturated carbocycles. The number of carbonyl (C=O) groups excluding carboxylic acids is 1. The third-order valence-electron chi connectivity index (χ3n) is 3.28. The van der Waals surface area contributed by atoms with Crippen LogP contribution in [0.5, 0.6) is 0 Å². The molecule has 0 aromatic carbocycles. The third kappa shape index (κ3) is 5.50. The molecule has 3 heteroatoms. The summed E-state index contributed by atoms with van der Waals surface area (Å²) in [5, 5.41) is 3.04. The number of rotatable bonds is 7. The molecule has 0 heterocycles. The Kier molecular flexibility index (Phi) is 6.01. The van der Waals surface area contributed by atoms with Gasteiger partial charge in [0, 0.05) is 12.0 Å². The van der Waals surface area contributed by atoms with Crippen molar-refractivity contribution in [3.63, 3.8) is 0 Å². The SMILES string of the molecule is CCC(C)(C)C(=O)NCC(C)(C)CCCN. The lowest BCUT2D eigenvalue weighted by Gasteiger charge is -2.28. The minimum Gasteiger partial charge on any atom is -0.355 e. The van der Waals surface area contributed by atoms with Gasteiger partial charge in [0.25, 0.3) is 0 Å². The van der Waals surface area contributed by atoms with E-state index in [0.717, 1.165) is 32.4 Å². The van der Waals surface area contributed by atoms with Gasteiger partial charge in [-0.15, -0.1) is 0 Å². The molecule has 0 radical (unpaired) electrons. The lowest BCUT2D eigenvalue weighted by molar-refractivity contribution is -0.129. The highest BCUT2D eigenvalue weighted by atomic mass is 16.2. The fourth-order valence-corrected chi connectivity index (χ4v) is 1.39. The predicted octanol–water partition coefficient (Wildman–Crippen LogP) is 2.30. The minimum absolute atomic E-state index is 0.138. The molecular weight excluding hydrogens is 200 g/mol. The molecule has 0 bridgehead atoms. The highest BCUT2D eigenvalue weighted by Gasteiger charge is 2.27. The Morgan fingerprint density at radius 1 is 1.25 bits per heavy atom. The van der Waals surface area contributed by atoms with Crippen LogP contribution in [-0.4, -0.2) is 19.0 Å². The number of hydrogen-bond donors (Lipinski definition) is 2. The molecule has 16 heavy (non-hydrogen) atoms. The third-order valence-corrected chi connectivity index (χ3v) is 3.28. The van der Waals surface area contributed by atoms with E-state index in [1.807, 2.05) is 20.8 Å². The van der Waals surface area contributed by atoms with Crippen LogP contribution in [0.1, 0.15) is 53.9 Å². The first-order chi connectivity index (χ1) is 7.25. The summed E-state index contributed by atoms with van der Waals surface area (Å²) in [6.45, 7) is 11.8. The summed E-state index contributed by atoms with van der Waals surface area (Å²) in [7, 11) is 0. The molecule has 0 aliphatic carbocycles. The van der Waals surface area contributed by atoms with Gasteiger partial charge >= 0.3 is 0 Å². The van der Waals surface area contributed by atoms with Gasteiger partial charge in [-0.3, -0.25) is 4.79 Å². The van der Waals surface area contributed by atoms with Gasteiger partial charge in [0.1, 0.15) is 0 Å². The van der Waals surface area contributed by atoms with E-state index in [-0.39, 0.29) is 16.7 Å². The van der Waals surface area contributed by atoms with Crippen molar-refractivity contribution in [2.24, 2.45) is 16.6 Å². The molecule has 0 rings (SSSR count). The summed E-state index contributed by atoms with van der Waals surface area (Å²) >= 11 is 0. The molecule has 3 nitrogen and oxygen atoms in total. The highest BCUT2D eigenvalue weighted by Crippen LogP contribution is 2.23. The summed E-state index contributed by atoms with van der Waals surface area (Å²) in [5.41, 5.74) is 5.37. The van der Waals surface area contributed by atoms with Crippen LogP contribution in [0.3, 0.4) is 0 Å². The zero-order chi connectivity index (χ0) is 12.8. The second-order valence-corrected chi connectivity index (χ2v) is 5.98. The van der Waals surface area contributed by atoms with E-state index in [2.05, 4.69) is 19.2 Å². The second kappa shape index (κ2) is 6.24. The Morgan fingerprint density at radius 2 is 1.81 bits per heavy atom. The summed E-state index contributed by atoms with van der Waals surface area (Å²) in [5.74, 6) is 0.149. The molecule has 0 saturated heterocycles. The molecule has 0 unspecified atom stereocenters. The topological polar surface area (TPSA) is 55.1 Å². The van der Waals surface area contributed by atoms with E-state index >= 15 is 0 Å². The lowest BCUT2D eigenvalue weighted by atomic mass is 9.85. The maximum atomic E-state index is 11.9. The van der Waals surface area contributed by atoms with E-state index in [9.17, 15) is 4.79 Å². The zero-order valence-electron chi connectivity index (χ0n) is 11.5. The Labute approximate surface area is 100 Å². The Hall–Kier alpha value is -0.570. The van der Waals surface area contributed by atoms with Crippen LogP contribution >= 0.6 is 0 Å². The lowest BCUT2D eigenvalue weighted by Crippen LogP contribution is -2.41. The molecule has 1 amide bonds. The van der Waals surface area contributed by atoms with Crippen LogP contribution in [0.25, 0.3) is 0 Å². The number of hydrogen-bond acceptors (Lipinski definition) is 2. The standard InChI is InChI=1S/C13H28N2O/c1-6-13(4,5)11(16)15-10-12(2,3)8-7-9-14/h6-10,14H2,1-5H3,(H,15,16). The van der Waals surface area contributed by atoms with Gasteiger partial charge in [0.15, 0.2) is 0 Å². The maximum Gasteiger partial charge on any atom is 0.225 e. The van der Waals surface area contributed by atoms with Gasteiger partial charge in [-0.1, -0.05) is 34.6 Å². The largest absolute Gasteiger partial charge is 0.355 e. The van der Waals surface area contributed by atoms with E-state index < -0.39 is 0 Å². The number of carbonyl (C=O) groups is 1. The van der Waals surface area contributed by atoms with E-state index in [1.54, 1.807) is 0 Å². The normalized spacial score (nSPS) is 12.6. The van der Waals surface area contributed by atoms with Gasteiger partial charge in [0.05, 0.1) is 0 Å². The number of nitrogens with one attached hydrogen (secondary N) is 1. The van der Waals surface area contributed by atoms with Crippen LogP contribution in [-0.2, 0) is 4.79 Å². The van der Waals surface area contributed by atoms with Gasteiger partial charge < -0.3 is 11.1 Å². The Morgan fingerprint density at radius 3 is 2.25 bits per heavy atom. The maximum absolute atomic E-state index is 11.9. The van der Waals surface area contributed by atoms with Crippen LogP contribution in [0.4, 0.5) is 0 Å². The Balaban J connectivity index is 4.09.